The van der Waals surface area contributed by atoms with Crippen LogP contribution >= 0.6 is 0 Å². The Morgan fingerprint density at radius 2 is 2.30 bits per heavy atom. The molecule has 2 heterocycles. The minimum atomic E-state index is -0.401. The van der Waals surface area contributed by atoms with Crippen LogP contribution in [0.3, 0.4) is 0 Å². The number of aliphatic hydroxyl groups excluding tert-OH is 1. The zero-order valence-corrected chi connectivity index (χ0v) is 11.6. The Morgan fingerprint density at radius 1 is 1.55 bits per heavy atom. The second kappa shape index (κ2) is 6.58. The Bertz CT molecular complexity index is 528. The van der Waals surface area contributed by atoms with Crippen LogP contribution in [0.1, 0.15) is 12.8 Å². The van der Waals surface area contributed by atoms with Crippen molar-refractivity contribution in [1.82, 2.24) is 19.4 Å². The number of rotatable bonds is 5. The van der Waals surface area contributed by atoms with Crippen LogP contribution in [0.15, 0.2) is 16.1 Å². The predicted octanol–water partition coefficient (Wildman–Crippen LogP) is -0.600. The summed E-state index contributed by atoms with van der Waals surface area (Å²) >= 11 is 0. The molecule has 1 aromatic rings. The highest BCUT2D eigenvalue weighted by Gasteiger charge is 2.25. The molecule has 110 valence electrons. The molecule has 1 saturated heterocycles. The van der Waals surface area contributed by atoms with E-state index in [2.05, 4.69) is 15.0 Å². The van der Waals surface area contributed by atoms with Crippen LogP contribution in [0.25, 0.3) is 0 Å². The molecule has 0 aliphatic carbocycles. The smallest absolute Gasteiger partial charge is 0.352 e. The molecule has 1 aliphatic heterocycles. The summed E-state index contributed by atoms with van der Waals surface area (Å²) in [5.74, 6) is 0.139. The molecule has 1 N–H and O–H groups in total. The lowest BCUT2D eigenvalue weighted by Crippen LogP contribution is -2.29. The van der Waals surface area contributed by atoms with E-state index >= 15 is 0 Å². The molecule has 0 bridgehead atoms. The third-order valence-electron chi connectivity index (χ3n) is 2.96. The SMILES string of the molecule is CN(C)/C=N\c1ncn(C[C@H]2CC[C@@H](CO)O2)c(=O)n1. The van der Waals surface area contributed by atoms with Gasteiger partial charge in [-0.15, -0.1) is 0 Å². The topological polar surface area (TPSA) is 92.8 Å². The molecule has 2 atom stereocenters. The highest BCUT2D eigenvalue weighted by molar-refractivity contribution is 5.57. The Hall–Kier alpha value is -1.80. The third kappa shape index (κ3) is 3.84. The van der Waals surface area contributed by atoms with Gasteiger partial charge in [-0.05, 0) is 12.8 Å². The zero-order valence-electron chi connectivity index (χ0n) is 11.6. The molecule has 0 amide bonds. The lowest BCUT2D eigenvalue weighted by atomic mass is 10.2. The van der Waals surface area contributed by atoms with E-state index in [1.165, 1.54) is 17.2 Å². The molecule has 0 aromatic carbocycles. The van der Waals surface area contributed by atoms with Gasteiger partial charge in [0.05, 0.1) is 31.7 Å². The van der Waals surface area contributed by atoms with Crippen molar-refractivity contribution < 1.29 is 9.84 Å². The van der Waals surface area contributed by atoms with Gasteiger partial charge in [-0.1, -0.05) is 0 Å². The summed E-state index contributed by atoms with van der Waals surface area (Å²) in [4.78, 5) is 25.3. The maximum atomic E-state index is 11.8. The lowest BCUT2D eigenvalue weighted by Gasteiger charge is -2.12. The van der Waals surface area contributed by atoms with E-state index in [9.17, 15) is 4.79 Å². The highest BCUT2D eigenvalue weighted by atomic mass is 16.5. The summed E-state index contributed by atoms with van der Waals surface area (Å²) in [6, 6.07) is 0. The molecule has 1 aromatic heterocycles. The molecule has 20 heavy (non-hydrogen) atoms. The molecule has 0 radical (unpaired) electrons. The molecule has 1 aliphatic rings. The quantitative estimate of drug-likeness (QED) is 0.572. The van der Waals surface area contributed by atoms with Gasteiger partial charge < -0.3 is 14.7 Å². The zero-order chi connectivity index (χ0) is 14.5. The first-order chi connectivity index (χ1) is 9.58. The number of nitrogens with zero attached hydrogens (tertiary/aromatic N) is 5. The van der Waals surface area contributed by atoms with Gasteiger partial charge in [0.2, 0.25) is 0 Å². The maximum absolute atomic E-state index is 11.8. The van der Waals surface area contributed by atoms with Crippen LogP contribution in [-0.2, 0) is 11.3 Å². The number of aliphatic hydroxyl groups is 1. The van der Waals surface area contributed by atoms with Gasteiger partial charge in [-0.2, -0.15) is 4.98 Å². The largest absolute Gasteiger partial charge is 0.394 e. The van der Waals surface area contributed by atoms with Crippen molar-refractivity contribution in [1.29, 1.82) is 0 Å². The van der Waals surface area contributed by atoms with E-state index in [0.29, 0.717) is 6.54 Å². The number of aliphatic imine (C=N–C) groups is 1. The summed E-state index contributed by atoms with van der Waals surface area (Å²) in [7, 11) is 3.64. The summed E-state index contributed by atoms with van der Waals surface area (Å²) in [5.41, 5.74) is -0.401. The minimum Gasteiger partial charge on any atom is -0.394 e. The van der Waals surface area contributed by atoms with Gasteiger partial charge in [0.25, 0.3) is 5.95 Å². The molecule has 0 saturated carbocycles. The van der Waals surface area contributed by atoms with Crippen LogP contribution in [0.2, 0.25) is 0 Å². The van der Waals surface area contributed by atoms with E-state index in [-0.39, 0.29) is 24.8 Å². The standard InChI is InChI=1S/C12H19N5O3/c1-16(2)7-13-11-14-8-17(12(19)15-11)5-9-3-4-10(6-18)20-9/h7-10,18H,3-6H2,1-2H3/b13-7-/t9-,10+/m1/s1. The monoisotopic (exact) mass is 281 g/mol. The van der Waals surface area contributed by atoms with E-state index in [0.717, 1.165) is 12.8 Å². The molecule has 8 heteroatoms. The van der Waals surface area contributed by atoms with E-state index in [1.54, 1.807) is 4.90 Å². The molecule has 2 rings (SSSR count). The Balaban J connectivity index is 2.01. The average Bonchev–Trinajstić information content (AvgIpc) is 2.87. The number of aromatic nitrogens is 3. The molecule has 0 unspecified atom stereocenters. The van der Waals surface area contributed by atoms with Gasteiger partial charge in [-0.3, -0.25) is 4.57 Å². The van der Waals surface area contributed by atoms with E-state index in [1.807, 2.05) is 14.1 Å². The van der Waals surface area contributed by atoms with Crippen LogP contribution < -0.4 is 5.69 Å². The van der Waals surface area contributed by atoms with Crippen molar-refractivity contribution in [3.8, 4) is 0 Å². The van der Waals surface area contributed by atoms with Crippen molar-refractivity contribution >= 4 is 12.3 Å². The second-order valence-corrected chi connectivity index (χ2v) is 4.94. The van der Waals surface area contributed by atoms with Crippen LogP contribution in [0.4, 0.5) is 5.95 Å². The first kappa shape index (κ1) is 14.6. The second-order valence-electron chi connectivity index (χ2n) is 4.94. The third-order valence-corrected chi connectivity index (χ3v) is 2.96. The molecule has 8 nitrogen and oxygen atoms in total. The van der Waals surface area contributed by atoms with Crippen molar-refractivity contribution in [2.24, 2.45) is 4.99 Å². The minimum absolute atomic E-state index is 0.0140. The molecule has 0 spiro atoms. The van der Waals surface area contributed by atoms with Crippen LogP contribution in [0, 0.1) is 0 Å². The predicted molar refractivity (Wildman–Crippen MR) is 73.1 cm³/mol. The summed E-state index contributed by atoms with van der Waals surface area (Å²) in [6.45, 7) is 0.410. The maximum Gasteiger partial charge on any atom is 0.352 e. The van der Waals surface area contributed by atoms with E-state index in [4.69, 9.17) is 9.84 Å². The summed E-state index contributed by atoms with van der Waals surface area (Å²) < 4.78 is 6.98. The average molecular weight is 281 g/mol. The summed E-state index contributed by atoms with van der Waals surface area (Å²) in [6.07, 6.45) is 4.38. The van der Waals surface area contributed by atoms with Crippen molar-refractivity contribution in [2.45, 2.75) is 31.6 Å². The Morgan fingerprint density at radius 3 is 2.90 bits per heavy atom. The first-order valence-corrected chi connectivity index (χ1v) is 6.49. The molecular formula is C12H19N5O3. The highest BCUT2D eigenvalue weighted by Crippen LogP contribution is 2.20. The summed E-state index contributed by atoms with van der Waals surface area (Å²) in [5, 5.41) is 9.01. The van der Waals surface area contributed by atoms with Crippen molar-refractivity contribution in [3.05, 3.63) is 16.8 Å². The molecular weight excluding hydrogens is 262 g/mol. The van der Waals surface area contributed by atoms with Gasteiger partial charge >= 0.3 is 5.69 Å². The van der Waals surface area contributed by atoms with Gasteiger partial charge in [0.1, 0.15) is 6.33 Å². The van der Waals surface area contributed by atoms with Gasteiger partial charge in [-0.25, -0.2) is 14.8 Å². The van der Waals surface area contributed by atoms with Crippen molar-refractivity contribution in [2.75, 3.05) is 20.7 Å². The fourth-order valence-corrected chi connectivity index (χ4v) is 1.97. The molecule has 1 fully saturated rings. The fraction of sp³-hybridized carbons (Fsp3) is 0.667. The van der Waals surface area contributed by atoms with E-state index < -0.39 is 5.69 Å². The van der Waals surface area contributed by atoms with Crippen LogP contribution in [-0.4, -0.2) is 63.8 Å². The first-order valence-electron chi connectivity index (χ1n) is 6.49. The van der Waals surface area contributed by atoms with Gasteiger partial charge in [0, 0.05) is 14.1 Å². The van der Waals surface area contributed by atoms with Crippen molar-refractivity contribution in [3.63, 3.8) is 0 Å². The number of ether oxygens (including phenoxy) is 1. The van der Waals surface area contributed by atoms with Crippen LogP contribution in [0.5, 0.6) is 0 Å². The number of hydrogen-bond acceptors (Lipinski definition) is 6. The Labute approximate surface area is 116 Å². The normalized spacial score (nSPS) is 22.6. The Kier molecular flexibility index (Phi) is 4.80. The fourth-order valence-electron chi connectivity index (χ4n) is 1.97. The van der Waals surface area contributed by atoms with Gasteiger partial charge in [0.15, 0.2) is 0 Å². The number of hydrogen-bond donors (Lipinski definition) is 1. The lowest BCUT2D eigenvalue weighted by molar-refractivity contribution is 0.00434.